The zero-order valence-electron chi connectivity index (χ0n) is 14.3. The Labute approximate surface area is 155 Å². The van der Waals surface area contributed by atoms with Crippen LogP contribution in [0.2, 0.25) is 0 Å². The number of ether oxygens (including phenoxy) is 1. The zero-order valence-corrected chi connectivity index (χ0v) is 15.1. The van der Waals surface area contributed by atoms with E-state index in [1.54, 1.807) is 31.4 Å². The van der Waals surface area contributed by atoms with Crippen molar-refractivity contribution in [2.75, 3.05) is 12.4 Å². The van der Waals surface area contributed by atoms with E-state index >= 15 is 0 Å². The lowest BCUT2D eigenvalue weighted by molar-refractivity contribution is -0.116. The van der Waals surface area contributed by atoms with Crippen molar-refractivity contribution in [3.8, 4) is 17.0 Å². The molecule has 5 nitrogen and oxygen atoms in total. The maximum Gasteiger partial charge on any atom is 0.226 e. The summed E-state index contributed by atoms with van der Waals surface area (Å²) in [6.07, 6.45) is 0.264. The van der Waals surface area contributed by atoms with Crippen molar-refractivity contribution in [2.24, 2.45) is 0 Å². The molecule has 3 rings (SSSR count). The highest BCUT2D eigenvalue weighted by molar-refractivity contribution is 7.14. The SMILES string of the molecule is COc1ccc(C(=O)CCC(=O)Nc2nc(-c3ccccc3)cs2)cc1. The first-order valence-electron chi connectivity index (χ1n) is 8.14. The summed E-state index contributed by atoms with van der Waals surface area (Å²) >= 11 is 1.37. The molecule has 1 aromatic heterocycles. The maximum atomic E-state index is 12.2. The largest absolute Gasteiger partial charge is 0.497 e. The molecule has 0 saturated carbocycles. The average Bonchev–Trinajstić information content (AvgIpc) is 3.15. The van der Waals surface area contributed by atoms with E-state index in [-0.39, 0.29) is 24.5 Å². The van der Waals surface area contributed by atoms with E-state index in [9.17, 15) is 9.59 Å². The Hall–Kier alpha value is -2.99. The van der Waals surface area contributed by atoms with E-state index in [1.807, 2.05) is 35.7 Å². The number of carbonyl (C=O) groups excluding carboxylic acids is 2. The van der Waals surface area contributed by atoms with Crippen LogP contribution in [0.15, 0.2) is 60.0 Å². The lowest BCUT2D eigenvalue weighted by Crippen LogP contribution is -2.13. The Morgan fingerprint density at radius 2 is 1.77 bits per heavy atom. The Bertz CT molecular complexity index is 889. The molecule has 0 spiro atoms. The molecule has 0 saturated heterocycles. The molecule has 0 unspecified atom stereocenters. The van der Waals surface area contributed by atoms with Crippen LogP contribution < -0.4 is 10.1 Å². The number of anilines is 1. The summed E-state index contributed by atoms with van der Waals surface area (Å²) in [6.45, 7) is 0. The molecular formula is C20H18N2O3S. The number of aromatic nitrogens is 1. The summed E-state index contributed by atoms with van der Waals surface area (Å²) < 4.78 is 5.07. The molecule has 0 bridgehead atoms. The Kier molecular flexibility index (Phi) is 5.76. The standard InChI is InChI=1S/C20H18N2O3S/c1-25-16-9-7-15(8-10-16)18(23)11-12-19(24)22-20-21-17(13-26-20)14-5-3-2-4-6-14/h2-10,13H,11-12H2,1H3,(H,21,22,24). The number of methoxy groups -OCH3 is 1. The third-order valence-corrected chi connectivity index (χ3v) is 4.57. The summed E-state index contributed by atoms with van der Waals surface area (Å²) in [4.78, 5) is 28.6. The molecule has 0 aliphatic carbocycles. The molecular weight excluding hydrogens is 348 g/mol. The second-order valence-electron chi connectivity index (χ2n) is 5.60. The summed E-state index contributed by atoms with van der Waals surface area (Å²) in [7, 11) is 1.57. The number of hydrogen-bond acceptors (Lipinski definition) is 5. The fourth-order valence-corrected chi connectivity index (χ4v) is 3.14. The lowest BCUT2D eigenvalue weighted by Gasteiger charge is -2.03. The van der Waals surface area contributed by atoms with Crippen LogP contribution in [0.3, 0.4) is 0 Å². The number of rotatable bonds is 7. The second-order valence-corrected chi connectivity index (χ2v) is 6.46. The van der Waals surface area contributed by atoms with Gasteiger partial charge >= 0.3 is 0 Å². The Morgan fingerprint density at radius 3 is 2.46 bits per heavy atom. The molecule has 1 amide bonds. The van der Waals surface area contributed by atoms with E-state index < -0.39 is 0 Å². The van der Waals surface area contributed by atoms with Crippen molar-refractivity contribution in [3.05, 3.63) is 65.5 Å². The van der Waals surface area contributed by atoms with Crippen LogP contribution in [0.1, 0.15) is 23.2 Å². The fourth-order valence-electron chi connectivity index (χ4n) is 2.40. The molecule has 2 aromatic carbocycles. The molecule has 0 atom stereocenters. The van der Waals surface area contributed by atoms with Crippen LogP contribution >= 0.6 is 11.3 Å². The van der Waals surface area contributed by atoms with E-state index in [1.165, 1.54) is 11.3 Å². The Morgan fingerprint density at radius 1 is 1.04 bits per heavy atom. The number of Topliss-reactive ketones (excluding diaryl/α,β-unsaturated/α-hetero) is 1. The summed E-state index contributed by atoms with van der Waals surface area (Å²) in [5.74, 6) is 0.394. The molecule has 6 heteroatoms. The monoisotopic (exact) mass is 366 g/mol. The third kappa shape index (κ3) is 4.55. The van der Waals surface area contributed by atoms with Crippen LogP contribution in [-0.2, 0) is 4.79 Å². The molecule has 0 aliphatic rings. The van der Waals surface area contributed by atoms with E-state index in [4.69, 9.17) is 4.74 Å². The molecule has 0 fully saturated rings. The summed E-state index contributed by atoms with van der Waals surface area (Å²) in [5, 5.41) is 5.18. The first kappa shape index (κ1) is 17.8. The second kappa shape index (κ2) is 8.40. The van der Waals surface area contributed by atoms with Gasteiger partial charge in [-0.25, -0.2) is 4.98 Å². The van der Waals surface area contributed by atoms with E-state index in [0.717, 1.165) is 11.3 Å². The minimum absolute atomic E-state index is 0.0769. The quantitative estimate of drug-likeness (QED) is 0.629. The van der Waals surface area contributed by atoms with Gasteiger partial charge in [0.15, 0.2) is 10.9 Å². The number of hydrogen-bond donors (Lipinski definition) is 1. The van der Waals surface area contributed by atoms with Crippen molar-refractivity contribution < 1.29 is 14.3 Å². The summed E-state index contributed by atoms with van der Waals surface area (Å²) in [5.41, 5.74) is 2.39. The minimum atomic E-state index is -0.221. The predicted octanol–water partition coefficient (Wildman–Crippen LogP) is 4.42. The minimum Gasteiger partial charge on any atom is -0.497 e. The van der Waals surface area contributed by atoms with Crippen LogP contribution in [0.5, 0.6) is 5.75 Å². The Balaban J connectivity index is 1.52. The zero-order chi connectivity index (χ0) is 18.4. The van der Waals surface area contributed by atoms with Crippen LogP contribution in [0, 0.1) is 0 Å². The third-order valence-electron chi connectivity index (χ3n) is 3.81. The van der Waals surface area contributed by atoms with Gasteiger partial charge in [0.2, 0.25) is 5.91 Å². The van der Waals surface area contributed by atoms with Gasteiger partial charge < -0.3 is 10.1 Å². The number of nitrogens with zero attached hydrogens (tertiary/aromatic N) is 1. The average molecular weight is 366 g/mol. The highest BCUT2D eigenvalue weighted by Gasteiger charge is 2.12. The van der Waals surface area contributed by atoms with Gasteiger partial charge in [-0.05, 0) is 24.3 Å². The highest BCUT2D eigenvalue weighted by atomic mass is 32.1. The molecule has 132 valence electrons. The van der Waals surface area contributed by atoms with Crippen LogP contribution in [0.4, 0.5) is 5.13 Å². The predicted molar refractivity (Wildman–Crippen MR) is 103 cm³/mol. The van der Waals surface area contributed by atoms with Gasteiger partial charge in [0, 0.05) is 29.3 Å². The first-order valence-corrected chi connectivity index (χ1v) is 9.02. The van der Waals surface area contributed by atoms with Crippen molar-refractivity contribution in [1.82, 2.24) is 4.98 Å². The molecule has 3 aromatic rings. The lowest BCUT2D eigenvalue weighted by atomic mass is 10.1. The molecule has 1 heterocycles. The van der Waals surface area contributed by atoms with Gasteiger partial charge in [-0.1, -0.05) is 30.3 Å². The fraction of sp³-hybridized carbons (Fsp3) is 0.150. The van der Waals surface area contributed by atoms with Crippen LogP contribution in [0.25, 0.3) is 11.3 Å². The smallest absolute Gasteiger partial charge is 0.226 e. The molecule has 1 N–H and O–H groups in total. The van der Waals surface area contributed by atoms with Crippen molar-refractivity contribution in [3.63, 3.8) is 0 Å². The van der Waals surface area contributed by atoms with Crippen molar-refractivity contribution in [1.29, 1.82) is 0 Å². The number of ketones is 1. The van der Waals surface area contributed by atoms with Crippen LogP contribution in [-0.4, -0.2) is 23.8 Å². The summed E-state index contributed by atoms with van der Waals surface area (Å²) in [6, 6.07) is 16.6. The van der Waals surface area contributed by atoms with Gasteiger partial charge in [-0.2, -0.15) is 0 Å². The van der Waals surface area contributed by atoms with Gasteiger partial charge in [0.25, 0.3) is 0 Å². The van der Waals surface area contributed by atoms with Crippen molar-refractivity contribution in [2.45, 2.75) is 12.8 Å². The first-order chi connectivity index (χ1) is 12.7. The number of nitrogens with one attached hydrogen (secondary N) is 1. The number of amides is 1. The molecule has 26 heavy (non-hydrogen) atoms. The van der Waals surface area contributed by atoms with Gasteiger partial charge in [-0.15, -0.1) is 11.3 Å². The number of thiazole rings is 1. The molecule has 0 radical (unpaired) electrons. The van der Waals surface area contributed by atoms with E-state index in [2.05, 4.69) is 10.3 Å². The normalized spacial score (nSPS) is 10.3. The topological polar surface area (TPSA) is 68.3 Å². The number of benzene rings is 2. The van der Waals surface area contributed by atoms with Gasteiger partial charge in [-0.3, -0.25) is 9.59 Å². The van der Waals surface area contributed by atoms with Gasteiger partial charge in [0.1, 0.15) is 5.75 Å². The van der Waals surface area contributed by atoms with E-state index in [0.29, 0.717) is 16.4 Å². The maximum absolute atomic E-state index is 12.2. The number of carbonyl (C=O) groups is 2. The van der Waals surface area contributed by atoms with Gasteiger partial charge in [0.05, 0.1) is 12.8 Å². The van der Waals surface area contributed by atoms with Crippen molar-refractivity contribution >= 4 is 28.2 Å². The highest BCUT2D eigenvalue weighted by Crippen LogP contribution is 2.24. The molecule has 0 aliphatic heterocycles.